The van der Waals surface area contributed by atoms with Crippen LogP contribution in [0.25, 0.3) is 0 Å². The molecule has 4 rings (SSSR count). The fourth-order valence-corrected chi connectivity index (χ4v) is 3.08. The molecule has 8 nitrogen and oxygen atoms in total. The molecule has 0 amide bonds. The summed E-state index contributed by atoms with van der Waals surface area (Å²) in [6.07, 6.45) is 3.96. The van der Waals surface area contributed by atoms with Crippen LogP contribution in [0, 0.1) is 0 Å². The van der Waals surface area contributed by atoms with Crippen LogP contribution in [0.15, 0.2) is 47.4 Å². The van der Waals surface area contributed by atoms with Gasteiger partial charge in [0.2, 0.25) is 0 Å². The van der Waals surface area contributed by atoms with Gasteiger partial charge in [-0.1, -0.05) is 17.3 Å². The zero-order valence-electron chi connectivity index (χ0n) is 14.3. The third kappa shape index (κ3) is 2.79. The molecule has 8 heteroatoms. The van der Waals surface area contributed by atoms with Crippen molar-refractivity contribution in [3.05, 3.63) is 48.1 Å². The number of rotatable bonds is 5. The zero-order valence-corrected chi connectivity index (χ0v) is 14.3. The summed E-state index contributed by atoms with van der Waals surface area (Å²) in [6.45, 7) is 2.41. The van der Waals surface area contributed by atoms with Crippen LogP contribution in [-0.2, 0) is 16.1 Å². The van der Waals surface area contributed by atoms with Crippen molar-refractivity contribution in [2.45, 2.75) is 6.61 Å². The third-order valence-electron chi connectivity index (χ3n) is 4.23. The Hall–Kier alpha value is -2.71. The normalized spacial score (nSPS) is 15.8. The van der Waals surface area contributed by atoms with Crippen molar-refractivity contribution in [3.8, 4) is 0 Å². The van der Waals surface area contributed by atoms with E-state index in [2.05, 4.69) is 43.4 Å². The van der Waals surface area contributed by atoms with Crippen molar-refractivity contribution in [2.24, 2.45) is 4.99 Å². The molecule has 0 bridgehead atoms. The largest absolute Gasteiger partial charge is 0.383 e. The Morgan fingerprint density at radius 1 is 1.12 bits per heavy atom. The molecule has 0 atom stereocenters. The van der Waals surface area contributed by atoms with Crippen molar-refractivity contribution in [3.63, 3.8) is 0 Å². The van der Waals surface area contributed by atoms with Crippen LogP contribution in [0.3, 0.4) is 0 Å². The lowest BCUT2D eigenvalue weighted by Crippen LogP contribution is -2.34. The Labute approximate surface area is 146 Å². The molecule has 3 heterocycles. The van der Waals surface area contributed by atoms with Gasteiger partial charge in [0.15, 0.2) is 5.84 Å². The molecule has 0 saturated carbocycles. The molecule has 0 unspecified atom stereocenters. The van der Waals surface area contributed by atoms with Crippen LogP contribution in [0.2, 0.25) is 0 Å². The SMILES string of the molecule is COCCN1C=C2C(n3cc(COC)nn3)=NCN2c2ccccc21. The quantitative estimate of drug-likeness (QED) is 0.821. The molecule has 0 spiro atoms. The fraction of sp³-hybridized carbons (Fsp3) is 0.353. The van der Waals surface area contributed by atoms with E-state index in [-0.39, 0.29) is 0 Å². The van der Waals surface area contributed by atoms with Crippen LogP contribution in [0.4, 0.5) is 11.4 Å². The lowest BCUT2D eigenvalue weighted by atomic mass is 10.1. The first-order chi connectivity index (χ1) is 12.3. The maximum absolute atomic E-state index is 5.26. The number of nitrogens with zero attached hydrogens (tertiary/aromatic N) is 6. The second-order valence-corrected chi connectivity index (χ2v) is 5.83. The molecule has 2 aliphatic heterocycles. The van der Waals surface area contributed by atoms with Gasteiger partial charge in [0.05, 0.1) is 30.8 Å². The lowest BCUT2D eigenvalue weighted by Gasteiger charge is -2.34. The summed E-state index contributed by atoms with van der Waals surface area (Å²) in [6, 6.07) is 8.31. The minimum Gasteiger partial charge on any atom is -0.383 e. The van der Waals surface area contributed by atoms with Gasteiger partial charge in [-0.15, -0.1) is 5.10 Å². The summed E-state index contributed by atoms with van der Waals surface area (Å²) in [5.41, 5.74) is 4.06. The van der Waals surface area contributed by atoms with Gasteiger partial charge in [-0.2, -0.15) is 0 Å². The Balaban J connectivity index is 1.69. The first-order valence-electron chi connectivity index (χ1n) is 8.11. The van der Waals surface area contributed by atoms with Gasteiger partial charge >= 0.3 is 0 Å². The van der Waals surface area contributed by atoms with E-state index in [0.717, 1.165) is 35.1 Å². The summed E-state index contributed by atoms with van der Waals surface area (Å²) >= 11 is 0. The van der Waals surface area contributed by atoms with Gasteiger partial charge in [0, 0.05) is 27.0 Å². The van der Waals surface area contributed by atoms with E-state index in [4.69, 9.17) is 9.47 Å². The van der Waals surface area contributed by atoms with Crippen molar-refractivity contribution in [2.75, 3.05) is 43.8 Å². The average molecular weight is 340 g/mol. The number of hydrogen-bond acceptors (Lipinski definition) is 7. The molecule has 2 aromatic rings. The molecule has 1 aromatic heterocycles. The predicted octanol–water partition coefficient (Wildman–Crippen LogP) is 1.46. The van der Waals surface area contributed by atoms with Crippen LogP contribution < -0.4 is 9.80 Å². The van der Waals surface area contributed by atoms with Crippen LogP contribution in [0.1, 0.15) is 5.69 Å². The highest BCUT2D eigenvalue weighted by atomic mass is 16.5. The molecule has 2 aliphatic rings. The molecule has 130 valence electrons. The number of allylic oxidation sites excluding steroid dienone is 1. The highest BCUT2D eigenvalue weighted by Crippen LogP contribution is 2.38. The summed E-state index contributed by atoms with van der Waals surface area (Å²) in [4.78, 5) is 9.05. The van der Waals surface area contributed by atoms with E-state index >= 15 is 0 Å². The number of anilines is 2. The fourth-order valence-electron chi connectivity index (χ4n) is 3.08. The van der Waals surface area contributed by atoms with Gasteiger partial charge in [0.1, 0.15) is 18.1 Å². The van der Waals surface area contributed by atoms with Gasteiger partial charge in [-0.25, -0.2) is 9.67 Å². The van der Waals surface area contributed by atoms with E-state index in [0.29, 0.717) is 19.9 Å². The average Bonchev–Trinajstić information content (AvgIpc) is 3.26. The number of ether oxygens (including phenoxy) is 2. The number of benzene rings is 1. The second-order valence-electron chi connectivity index (χ2n) is 5.83. The number of para-hydroxylation sites is 2. The van der Waals surface area contributed by atoms with E-state index < -0.39 is 0 Å². The smallest absolute Gasteiger partial charge is 0.177 e. The maximum Gasteiger partial charge on any atom is 0.177 e. The highest BCUT2D eigenvalue weighted by Gasteiger charge is 2.32. The Morgan fingerprint density at radius 3 is 2.76 bits per heavy atom. The van der Waals surface area contributed by atoms with E-state index in [1.165, 1.54) is 0 Å². The number of hydrogen-bond donors (Lipinski definition) is 0. The Morgan fingerprint density at radius 2 is 1.96 bits per heavy atom. The van der Waals surface area contributed by atoms with Gasteiger partial charge < -0.3 is 19.3 Å². The molecule has 1 aromatic carbocycles. The molecule has 0 saturated heterocycles. The zero-order chi connectivity index (χ0) is 17.2. The number of methoxy groups -OCH3 is 2. The molecular weight excluding hydrogens is 320 g/mol. The monoisotopic (exact) mass is 340 g/mol. The number of aliphatic imine (C=N–C) groups is 1. The molecule has 25 heavy (non-hydrogen) atoms. The van der Waals surface area contributed by atoms with E-state index in [1.807, 2.05) is 18.3 Å². The standard InChI is InChI=1S/C17H20N6O2/c1-24-8-7-21-10-16-17(23-9-13(11-25-2)19-20-23)18-12-22(16)15-6-4-3-5-14(15)21/h3-6,9-10H,7-8,11-12H2,1-2H3. The Kier molecular flexibility index (Phi) is 4.21. The van der Waals surface area contributed by atoms with E-state index in [9.17, 15) is 0 Å². The summed E-state index contributed by atoms with van der Waals surface area (Å²) in [7, 11) is 3.35. The van der Waals surface area contributed by atoms with Gasteiger partial charge in [-0.3, -0.25) is 0 Å². The van der Waals surface area contributed by atoms with Gasteiger partial charge in [-0.05, 0) is 12.1 Å². The predicted molar refractivity (Wildman–Crippen MR) is 94.7 cm³/mol. The van der Waals surface area contributed by atoms with Crippen LogP contribution >= 0.6 is 0 Å². The van der Waals surface area contributed by atoms with Crippen molar-refractivity contribution in [1.82, 2.24) is 15.0 Å². The maximum atomic E-state index is 5.26. The van der Waals surface area contributed by atoms with Crippen molar-refractivity contribution in [1.29, 1.82) is 0 Å². The first-order valence-corrected chi connectivity index (χ1v) is 8.11. The molecule has 0 aliphatic carbocycles. The number of fused-ring (bicyclic) bond motifs is 3. The topological polar surface area (TPSA) is 68.0 Å². The summed E-state index contributed by atoms with van der Waals surface area (Å²) < 4.78 is 12.1. The first kappa shape index (κ1) is 15.8. The molecule has 0 radical (unpaired) electrons. The minimum absolute atomic E-state index is 0.429. The summed E-state index contributed by atoms with van der Waals surface area (Å²) in [5.74, 6) is 0.784. The van der Waals surface area contributed by atoms with Crippen LogP contribution in [0.5, 0.6) is 0 Å². The highest BCUT2D eigenvalue weighted by molar-refractivity contribution is 6.06. The van der Waals surface area contributed by atoms with E-state index in [1.54, 1.807) is 18.9 Å². The number of aromatic nitrogens is 3. The van der Waals surface area contributed by atoms with Gasteiger partial charge in [0.25, 0.3) is 0 Å². The summed E-state index contributed by atoms with van der Waals surface area (Å²) in [5, 5.41) is 8.33. The second kappa shape index (κ2) is 6.66. The Bertz CT molecular complexity index is 828. The van der Waals surface area contributed by atoms with Crippen LogP contribution in [-0.4, -0.2) is 54.9 Å². The van der Waals surface area contributed by atoms with Crippen molar-refractivity contribution < 1.29 is 9.47 Å². The third-order valence-corrected chi connectivity index (χ3v) is 4.23. The minimum atomic E-state index is 0.429. The molecule has 0 N–H and O–H groups in total. The molecule has 0 fully saturated rings. The molecular formula is C17H20N6O2. The lowest BCUT2D eigenvalue weighted by molar-refractivity contribution is 0.181. The van der Waals surface area contributed by atoms with Crippen molar-refractivity contribution >= 4 is 17.2 Å².